The van der Waals surface area contributed by atoms with Gasteiger partial charge in [-0.2, -0.15) is 0 Å². The highest BCUT2D eigenvalue weighted by Crippen LogP contribution is 2.51. The molecule has 0 saturated heterocycles. The maximum atomic E-state index is 6.94. The number of hydrogen-bond donors (Lipinski definition) is 0. The van der Waals surface area contributed by atoms with Gasteiger partial charge in [0.25, 0.3) is 0 Å². The third kappa shape index (κ3) is 2.54. The molecule has 2 nitrogen and oxygen atoms in total. The fourth-order valence-electron chi connectivity index (χ4n) is 5.27. The van der Waals surface area contributed by atoms with Crippen LogP contribution in [0.3, 0.4) is 0 Å². The van der Waals surface area contributed by atoms with Crippen molar-refractivity contribution in [2.45, 2.75) is 26.9 Å². The van der Waals surface area contributed by atoms with E-state index >= 15 is 0 Å². The van der Waals surface area contributed by atoms with Gasteiger partial charge in [0, 0.05) is 16.1 Å². The Balaban J connectivity index is 1.73. The third-order valence-electron chi connectivity index (χ3n) is 7.11. The molecule has 0 unspecified atom stereocenters. The summed E-state index contributed by atoms with van der Waals surface area (Å²) in [7, 11) is 0.229. The number of ether oxygens (including phenoxy) is 1. The first-order valence-corrected chi connectivity index (χ1v) is 14.9. The second-order valence-electron chi connectivity index (χ2n) is 9.37. The van der Waals surface area contributed by atoms with Crippen molar-refractivity contribution in [1.29, 1.82) is 0 Å². The Morgan fingerprint density at radius 3 is 2.19 bits per heavy atom. The van der Waals surface area contributed by atoms with Crippen LogP contribution in [0, 0.1) is 13.8 Å². The van der Waals surface area contributed by atoms with Gasteiger partial charge in [-0.15, -0.1) is 11.3 Å². The van der Waals surface area contributed by atoms with Gasteiger partial charge >= 0.3 is 0 Å². The van der Waals surface area contributed by atoms with Gasteiger partial charge in [0.15, 0.2) is 11.9 Å². The molecule has 3 aromatic carbocycles. The normalized spacial score (nSPS) is 12.8. The van der Waals surface area contributed by atoms with Crippen LogP contribution >= 0.6 is 11.3 Å². The molecule has 0 atom stereocenters. The maximum absolute atomic E-state index is 6.94. The number of rotatable bonds is 2. The molecule has 6 rings (SSSR count). The van der Waals surface area contributed by atoms with Gasteiger partial charge in [0.1, 0.15) is 26.3 Å². The summed E-state index contributed by atoms with van der Waals surface area (Å²) in [5.41, 5.74) is 5.04. The van der Waals surface area contributed by atoms with Crippen molar-refractivity contribution < 1.29 is 9.30 Å². The molecule has 0 radical (unpaired) electrons. The predicted octanol–water partition coefficient (Wildman–Crippen LogP) is 6.09. The summed E-state index contributed by atoms with van der Waals surface area (Å²) in [6.45, 7) is 9.34. The maximum Gasteiger partial charge on any atom is 0.228 e. The van der Waals surface area contributed by atoms with Crippen LogP contribution in [0.15, 0.2) is 66.9 Å². The molecular weight excluding hydrogens is 426 g/mol. The van der Waals surface area contributed by atoms with Gasteiger partial charge in [0.2, 0.25) is 5.69 Å². The Morgan fingerprint density at radius 1 is 0.812 bits per heavy atom. The summed E-state index contributed by atoms with van der Waals surface area (Å²) >= 11 is 1.92. The Bertz CT molecular complexity index is 1550. The fraction of sp³-hybridized carbons (Fsp3) is 0.179. The lowest BCUT2D eigenvalue weighted by atomic mass is 9.90. The summed E-state index contributed by atoms with van der Waals surface area (Å²) in [5, 5.41) is 5.30. The number of benzene rings is 3. The first kappa shape index (κ1) is 19.7. The predicted molar refractivity (Wildman–Crippen MR) is 139 cm³/mol. The first-order chi connectivity index (χ1) is 15.4. The number of thiophene rings is 1. The largest absolute Gasteiger partial charge is 0.454 e. The lowest BCUT2D eigenvalue weighted by Crippen LogP contribution is -2.51. The average Bonchev–Trinajstić information content (AvgIpc) is 3.20. The van der Waals surface area contributed by atoms with E-state index in [2.05, 4.69) is 105 Å². The Morgan fingerprint density at radius 2 is 1.47 bits per heavy atom. The molecule has 1 aliphatic rings. The van der Waals surface area contributed by atoms with Crippen molar-refractivity contribution in [2.75, 3.05) is 0 Å². The van der Waals surface area contributed by atoms with Gasteiger partial charge in [-0.25, -0.2) is 4.57 Å². The Hall–Kier alpha value is -2.95. The second kappa shape index (κ2) is 6.77. The van der Waals surface area contributed by atoms with Crippen molar-refractivity contribution in [3.8, 4) is 22.8 Å². The fourth-order valence-corrected chi connectivity index (χ4v) is 9.88. The van der Waals surface area contributed by atoms with Crippen LogP contribution in [0.25, 0.3) is 32.1 Å². The van der Waals surface area contributed by atoms with E-state index in [-0.39, 0.29) is 0 Å². The number of fused-ring (bicyclic) bond motifs is 3. The van der Waals surface area contributed by atoms with Crippen LogP contribution in [0.5, 0.6) is 11.5 Å². The number of hydrogen-bond acceptors (Lipinski definition) is 2. The summed E-state index contributed by atoms with van der Waals surface area (Å²) < 4.78 is 11.9. The number of nitrogens with zero attached hydrogens (tertiary/aromatic N) is 1. The molecule has 2 aromatic heterocycles. The topological polar surface area (TPSA) is 13.1 Å². The molecule has 1 aliphatic heterocycles. The molecule has 0 aliphatic carbocycles. The monoisotopic (exact) mass is 452 g/mol. The van der Waals surface area contributed by atoms with Crippen LogP contribution in [0.4, 0.5) is 0 Å². The molecule has 158 valence electrons. The highest BCUT2D eigenvalue weighted by Gasteiger charge is 2.39. The zero-order valence-electron chi connectivity index (χ0n) is 19.1. The highest BCUT2D eigenvalue weighted by atomic mass is 32.1. The molecule has 3 heterocycles. The number of aromatic nitrogens is 1. The molecule has 32 heavy (non-hydrogen) atoms. The molecule has 0 bridgehead atoms. The van der Waals surface area contributed by atoms with E-state index in [1.807, 2.05) is 11.3 Å². The lowest BCUT2D eigenvalue weighted by Gasteiger charge is -2.26. The van der Waals surface area contributed by atoms with Gasteiger partial charge < -0.3 is 4.74 Å². The van der Waals surface area contributed by atoms with Crippen LogP contribution in [0.1, 0.15) is 11.1 Å². The van der Waals surface area contributed by atoms with E-state index < -0.39 is 8.07 Å². The molecular formula is C28H26NOSSi+. The van der Waals surface area contributed by atoms with Gasteiger partial charge in [-0.05, 0) is 30.2 Å². The van der Waals surface area contributed by atoms with Gasteiger partial charge in [-0.3, -0.25) is 0 Å². The Labute approximate surface area is 193 Å². The minimum atomic E-state index is -1.93. The van der Waals surface area contributed by atoms with E-state index in [9.17, 15) is 0 Å². The number of pyridine rings is 1. The summed E-state index contributed by atoms with van der Waals surface area (Å²) in [6, 6.07) is 21.9. The van der Waals surface area contributed by atoms with Crippen molar-refractivity contribution in [3.63, 3.8) is 0 Å². The standard InChI is InChI=1S/C28H26NOSSi/c1-17-20-13-9-10-14-21(20)18(2)26-23(17)25-24-22(15-16-29(25)3)31-28(27(24)30-26)32(4,5)19-11-7-6-8-12-19/h6-16H,1-5H3/q+1. The molecule has 0 fully saturated rings. The summed E-state index contributed by atoms with van der Waals surface area (Å²) in [6.07, 6.45) is 2.21. The van der Waals surface area contributed by atoms with E-state index in [0.29, 0.717) is 0 Å². The van der Waals surface area contributed by atoms with E-state index in [1.165, 1.54) is 52.9 Å². The summed E-state index contributed by atoms with van der Waals surface area (Å²) in [4.78, 5) is 0. The molecule has 0 spiro atoms. The van der Waals surface area contributed by atoms with E-state index in [4.69, 9.17) is 4.74 Å². The van der Waals surface area contributed by atoms with E-state index in [0.717, 1.165) is 11.5 Å². The van der Waals surface area contributed by atoms with Crippen LogP contribution in [-0.2, 0) is 7.05 Å². The molecule has 5 aromatic rings. The van der Waals surface area contributed by atoms with Crippen molar-refractivity contribution in [2.24, 2.45) is 7.05 Å². The minimum Gasteiger partial charge on any atom is -0.454 e. The SMILES string of the molecule is Cc1c2c(c(C)c3ccccc13)-c1c3c(c([Si](C)(C)c4ccccc4)sc3cc[n+]1C)O2. The zero-order valence-corrected chi connectivity index (χ0v) is 20.9. The zero-order chi connectivity index (χ0) is 22.2. The quantitative estimate of drug-likeness (QED) is 0.229. The van der Waals surface area contributed by atoms with Crippen LogP contribution in [0.2, 0.25) is 13.1 Å². The van der Waals surface area contributed by atoms with Gasteiger partial charge in [0.05, 0.1) is 10.3 Å². The van der Waals surface area contributed by atoms with Crippen molar-refractivity contribution >= 4 is 50.0 Å². The van der Waals surface area contributed by atoms with Gasteiger partial charge in [-0.1, -0.05) is 72.9 Å². The third-order valence-corrected chi connectivity index (χ3v) is 13.0. The average molecular weight is 453 g/mol. The smallest absolute Gasteiger partial charge is 0.228 e. The Kier molecular flexibility index (Phi) is 4.17. The van der Waals surface area contributed by atoms with Crippen LogP contribution < -0.4 is 19.0 Å². The first-order valence-electron chi connectivity index (χ1n) is 11.1. The van der Waals surface area contributed by atoms with E-state index in [1.54, 1.807) is 0 Å². The van der Waals surface area contributed by atoms with Crippen molar-refractivity contribution in [1.82, 2.24) is 0 Å². The highest BCUT2D eigenvalue weighted by molar-refractivity contribution is 7.34. The number of aryl methyl sites for hydroxylation is 3. The van der Waals surface area contributed by atoms with Crippen molar-refractivity contribution in [3.05, 3.63) is 78.0 Å². The van der Waals surface area contributed by atoms with Crippen LogP contribution in [-0.4, -0.2) is 8.07 Å². The summed E-state index contributed by atoms with van der Waals surface area (Å²) in [5.74, 6) is 2.11. The molecule has 0 N–H and O–H groups in total. The molecule has 4 heteroatoms. The second-order valence-corrected chi connectivity index (χ2v) is 15.1. The lowest BCUT2D eigenvalue weighted by molar-refractivity contribution is -0.659. The minimum absolute atomic E-state index is 1.02. The molecule has 0 amide bonds. The molecule has 0 saturated carbocycles.